The average Bonchev–Trinajstić information content (AvgIpc) is 3.26. The third-order valence-electron chi connectivity index (χ3n) is 3.17. The van der Waals surface area contributed by atoms with Crippen LogP contribution < -0.4 is 0 Å². The standard InChI is InChI=1S/C14H6Cl4N4O2/c15-9-7(13(23)21-3-1-19-5-21)10(16)12(18)8(11(9)17)14(24)22-4-2-20-6-22/h1-6H. The molecule has 0 spiro atoms. The first-order chi connectivity index (χ1) is 11.4. The fraction of sp³-hybridized carbons (Fsp3) is 0. The fourth-order valence-corrected chi connectivity index (χ4v) is 3.20. The molecular weight excluding hydrogens is 398 g/mol. The number of imidazole rings is 2. The fourth-order valence-electron chi connectivity index (χ4n) is 2.02. The largest absolute Gasteiger partial charge is 0.272 e. The van der Waals surface area contributed by atoms with E-state index in [0.29, 0.717) is 0 Å². The van der Waals surface area contributed by atoms with E-state index in [2.05, 4.69) is 9.97 Å². The van der Waals surface area contributed by atoms with Gasteiger partial charge < -0.3 is 0 Å². The van der Waals surface area contributed by atoms with E-state index in [4.69, 9.17) is 46.4 Å². The first-order valence-electron chi connectivity index (χ1n) is 6.34. The molecule has 3 aromatic rings. The van der Waals surface area contributed by atoms with Gasteiger partial charge in [0.05, 0.1) is 31.2 Å². The zero-order chi connectivity index (χ0) is 17.4. The number of rotatable bonds is 2. The number of aromatic nitrogens is 4. The van der Waals surface area contributed by atoms with Gasteiger partial charge in [0, 0.05) is 24.8 Å². The summed E-state index contributed by atoms with van der Waals surface area (Å²) in [5.74, 6) is -1.15. The minimum Gasteiger partial charge on any atom is -0.272 e. The van der Waals surface area contributed by atoms with Gasteiger partial charge in [-0.1, -0.05) is 46.4 Å². The van der Waals surface area contributed by atoms with Crippen LogP contribution in [0, 0.1) is 0 Å². The summed E-state index contributed by atoms with van der Waals surface area (Å²) in [5.41, 5.74) is -0.234. The van der Waals surface area contributed by atoms with Crippen LogP contribution in [0.1, 0.15) is 20.7 Å². The van der Waals surface area contributed by atoms with Gasteiger partial charge in [0.15, 0.2) is 0 Å². The van der Waals surface area contributed by atoms with Crippen LogP contribution in [0.5, 0.6) is 0 Å². The lowest BCUT2D eigenvalue weighted by molar-refractivity contribution is 0.0948. The Morgan fingerprint density at radius 3 is 1.29 bits per heavy atom. The Hall–Kier alpha value is -1.86. The van der Waals surface area contributed by atoms with E-state index >= 15 is 0 Å². The van der Waals surface area contributed by atoms with Crippen molar-refractivity contribution in [3.8, 4) is 0 Å². The molecule has 0 unspecified atom stereocenters. The minimum atomic E-state index is -0.576. The molecule has 0 atom stereocenters. The summed E-state index contributed by atoms with van der Waals surface area (Å²) in [5, 5.41) is -0.692. The van der Waals surface area contributed by atoms with E-state index in [1.165, 1.54) is 37.4 Å². The van der Waals surface area contributed by atoms with Gasteiger partial charge in [0.1, 0.15) is 12.7 Å². The molecule has 0 saturated heterocycles. The molecular formula is C14H6Cl4N4O2. The Labute approximate surface area is 155 Å². The van der Waals surface area contributed by atoms with Gasteiger partial charge in [-0.05, 0) is 0 Å². The van der Waals surface area contributed by atoms with Gasteiger partial charge in [0.2, 0.25) is 0 Å². The SMILES string of the molecule is O=C(c1c(Cl)c(Cl)c(C(=O)n2ccnc2)c(Cl)c1Cl)n1ccnc1. The van der Waals surface area contributed by atoms with Crippen LogP contribution in [-0.2, 0) is 0 Å². The van der Waals surface area contributed by atoms with E-state index in [0.717, 1.165) is 9.13 Å². The van der Waals surface area contributed by atoms with Crippen molar-refractivity contribution in [1.82, 2.24) is 19.1 Å². The van der Waals surface area contributed by atoms with E-state index in [9.17, 15) is 9.59 Å². The molecule has 0 aliphatic carbocycles. The number of benzene rings is 1. The Bertz CT molecular complexity index is 830. The number of nitrogens with zero attached hydrogens (tertiary/aromatic N) is 4. The molecule has 0 aliphatic heterocycles. The maximum absolute atomic E-state index is 12.5. The van der Waals surface area contributed by atoms with Crippen molar-refractivity contribution in [2.24, 2.45) is 0 Å². The molecule has 0 radical (unpaired) electrons. The molecule has 0 fully saturated rings. The molecule has 0 N–H and O–H groups in total. The Morgan fingerprint density at radius 2 is 1.04 bits per heavy atom. The summed E-state index contributed by atoms with van der Waals surface area (Å²) in [4.78, 5) is 32.6. The maximum atomic E-state index is 12.5. The molecule has 2 heterocycles. The number of hydrogen-bond donors (Lipinski definition) is 0. The summed E-state index contributed by atoms with van der Waals surface area (Å²) in [6, 6.07) is 0. The molecule has 1 aromatic carbocycles. The van der Waals surface area contributed by atoms with Gasteiger partial charge in [-0.15, -0.1) is 0 Å². The summed E-state index contributed by atoms with van der Waals surface area (Å²) in [6.45, 7) is 0. The van der Waals surface area contributed by atoms with Crippen LogP contribution in [0.15, 0.2) is 37.4 Å². The smallest absolute Gasteiger partial charge is 0.266 e. The highest BCUT2D eigenvalue weighted by Gasteiger charge is 2.29. The summed E-state index contributed by atoms with van der Waals surface area (Å²) in [7, 11) is 0. The van der Waals surface area contributed by atoms with Crippen molar-refractivity contribution < 1.29 is 9.59 Å². The number of halogens is 4. The Balaban J connectivity index is 2.19. The van der Waals surface area contributed by atoms with E-state index < -0.39 is 11.8 Å². The molecule has 0 amide bonds. The van der Waals surface area contributed by atoms with Crippen LogP contribution in [0.25, 0.3) is 0 Å². The zero-order valence-electron chi connectivity index (χ0n) is 11.6. The van der Waals surface area contributed by atoms with Crippen LogP contribution >= 0.6 is 46.4 Å². The normalized spacial score (nSPS) is 10.8. The van der Waals surface area contributed by atoms with Crippen molar-refractivity contribution in [3.05, 3.63) is 68.7 Å². The highest BCUT2D eigenvalue weighted by Crippen LogP contribution is 2.41. The van der Waals surface area contributed by atoms with Crippen molar-refractivity contribution in [2.45, 2.75) is 0 Å². The first-order valence-corrected chi connectivity index (χ1v) is 7.86. The topological polar surface area (TPSA) is 69.8 Å². The van der Waals surface area contributed by atoms with Crippen LogP contribution in [0.3, 0.4) is 0 Å². The monoisotopic (exact) mass is 402 g/mol. The molecule has 6 nitrogen and oxygen atoms in total. The minimum absolute atomic E-state index is 0.117. The number of carbonyl (C=O) groups excluding carboxylic acids is 2. The van der Waals surface area contributed by atoms with Gasteiger partial charge in [0.25, 0.3) is 11.8 Å². The highest BCUT2D eigenvalue weighted by atomic mass is 35.5. The van der Waals surface area contributed by atoms with E-state index in [1.54, 1.807) is 0 Å². The van der Waals surface area contributed by atoms with Gasteiger partial charge in [-0.25, -0.2) is 9.97 Å². The zero-order valence-corrected chi connectivity index (χ0v) is 14.6. The summed E-state index contributed by atoms with van der Waals surface area (Å²) in [6.07, 6.45) is 8.23. The van der Waals surface area contributed by atoms with Crippen molar-refractivity contribution in [1.29, 1.82) is 0 Å². The van der Waals surface area contributed by atoms with Crippen molar-refractivity contribution in [2.75, 3.05) is 0 Å². The molecule has 2 aromatic heterocycles. The average molecular weight is 404 g/mol. The quantitative estimate of drug-likeness (QED) is 0.604. The molecule has 3 rings (SSSR count). The predicted octanol–water partition coefficient (Wildman–Crippen LogP) is 4.07. The first kappa shape index (κ1) is 17.0. The molecule has 122 valence electrons. The lowest BCUT2D eigenvalue weighted by atomic mass is 10.1. The number of carbonyl (C=O) groups is 2. The van der Waals surface area contributed by atoms with E-state index in [1.807, 2.05) is 0 Å². The van der Waals surface area contributed by atoms with Crippen molar-refractivity contribution in [3.63, 3.8) is 0 Å². The Kier molecular flexibility index (Phi) is 4.64. The third-order valence-corrected chi connectivity index (χ3v) is 4.87. The molecule has 10 heteroatoms. The second-order valence-corrected chi connectivity index (χ2v) is 6.07. The van der Waals surface area contributed by atoms with Gasteiger partial charge in [-0.3, -0.25) is 18.7 Å². The Morgan fingerprint density at radius 1 is 0.708 bits per heavy atom. The summed E-state index contributed by atoms with van der Waals surface area (Å²) >= 11 is 24.7. The lowest BCUT2D eigenvalue weighted by Gasteiger charge is -2.14. The molecule has 0 aliphatic rings. The molecule has 24 heavy (non-hydrogen) atoms. The lowest BCUT2D eigenvalue weighted by Crippen LogP contribution is -2.16. The van der Waals surface area contributed by atoms with Crippen LogP contribution in [-0.4, -0.2) is 30.9 Å². The second-order valence-electron chi connectivity index (χ2n) is 4.56. The van der Waals surface area contributed by atoms with Gasteiger partial charge >= 0.3 is 0 Å². The maximum Gasteiger partial charge on any atom is 0.266 e. The number of hydrogen-bond acceptors (Lipinski definition) is 4. The van der Waals surface area contributed by atoms with Crippen LogP contribution in [0.4, 0.5) is 0 Å². The predicted molar refractivity (Wildman–Crippen MR) is 90.4 cm³/mol. The van der Waals surface area contributed by atoms with Gasteiger partial charge in [-0.2, -0.15) is 0 Å². The summed E-state index contributed by atoms with van der Waals surface area (Å²) < 4.78 is 2.33. The van der Waals surface area contributed by atoms with Crippen molar-refractivity contribution >= 4 is 58.2 Å². The van der Waals surface area contributed by atoms with E-state index in [-0.39, 0.29) is 31.2 Å². The highest BCUT2D eigenvalue weighted by molar-refractivity contribution is 6.52. The van der Waals surface area contributed by atoms with Crippen LogP contribution in [0.2, 0.25) is 20.1 Å². The molecule has 0 saturated carbocycles. The second kappa shape index (κ2) is 6.57. The molecule has 0 bridgehead atoms. The third kappa shape index (κ3) is 2.71.